The second-order valence-electron chi connectivity index (χ2n) is 4.00. The van der Waals surface area contributed by atoms with E-state index in [1.54, 1.807) is 6.07 Å². The van der Waals surface area contributed by atoms with Crippen LogP contribution in [0.25, 0.3) is 0 Å². The molecule has 1 heterocycles. The summed E-state index contributed by atoms with van der Waals surface area (Å²) in [5.74, 6) is 0.177. The Balaban J connectivity index is 2.37. The fraction of sp³-hybridized carbons (Fsp3) is 0. The molecule has 0 bridgehead atoms. The molecule has 0 saturated carbocycles. The van der Waals surface area contributed by atoms with Crippen molar-refractivity contribution in [1.82, 2.24) is 4.98 Å². The third-order valence-electron chi connectivity index (χ3n) is 2.57. The topological polar surface area (TPSA) is 142 Å². The first-order valence-electron chi connectivity index (χ1n) is 5.66. The highest BCUT2D eigenvalue weighted by Gasteiger charge is 2.10. The first kappa shape index (κ1) is 13.8. The third kappa shape index (κ3) is 3.03. The molecule has 0 aliphatic heterocycles. The van der Waals surface area contributed by atoms with Gasteiger partial charge in [-0.2, -0.15) is 10.5 Å². The zero-order valence-electron chi connectivity index (χ0n) is 10.6. The molecule has 8 heteroatoms. The third-order valence-corrected chi connectivity index (χ3v) is 2.57. The van der Waals surface area contributed by atoms with E-state index in [0.717, 1.165) is 6.07 Å². The van der Waals surface area contributed by atoms with E-state index in [-0.39, 0.29) is 28.5 Å². The van der Waals surface area contributed by atoms with Crippen molar-refractivity contribution < 1.29 is 4.92 Å². The average molecular weight is 280 g/mol. The van der Waals surface area contributed by atoms with Crippen molar-refractivity contribution in [3.63, 3.8) is 0 Å². The molecule has 0 unspecified atom stereocenters. The van der Waals surface area contributed by atoms with Crippen LogP contribution < -0.4 is 11.1 Å². The van der Waals surface area contributed by atoms with E-state index in [2.05, 4.69) is 10.3 Å². The lowest BCUT2D eigenvalue weighted by molar-refractivity contribution is -0.384. The monoisotopic (exact) mass is 280 g/mol. The van der Waals surface area contributed by atoms with Gasteiger partial charge in [-0.15, -0.1) is 0 Å². The Morgan fingerprint density at radius 2 is 1.90 bits per heavy atom. The Morgan fingerprint density at radius 3 is 2.52 bits per heavy atom. The molecule has 0 radical (unpaired) electrons. The first-order chi connectivity index (χ1) is 10.0. The largest absolute Gasteiger partial charge is 0.383 e. The van der Waals surface area contributed by atoms with Crippen LogP contribution in [0, 0.1) is 32.8 Å². The number of nitrogen functional groups attached to an aromatic ring is 1. The summed E-state index contributed by atoms with van der Waals surface area (Å²) in [6, 6.07) is 10.7. The summed E-state index contributed by atoms with van der Waals surface area (Å²) in [7, 11) is 0. The van der Waals surface area contributed by atoms with Crippen LogP contribution in [-0.4, -0.2) is 9.91 Å². The summed E-state index contributed by atoms with van der Waals surface area (Å²) in [4.78, 5) is 14.1. The molecule has 0 saturated heterocycles. The highest BCUT2D eigenvalue weighted by atomic mass is 16.6. The van der Waals surface area contributed by atoms with Gasteiger partial charge in [-0.3, -0.25) is 10.1 Å². The number of hydrogen-bond acceptors (Lipinski definition) is 7. The summed E-state index contributed by atoms with van der Waals surface area (Å²) >= 11 is 0. The van der Waals surface area contributed by atoms with Crippen molar-refractivity contribution in [2.24, 2.45) is 0 Å². The predicted molar refractivity (Wildman–Crippen MR) is 74.5 cm³/mol. The van der Waals surface area contributed by atoms with Gasteiger partial charge in [0.25, 0.3) is 5.69 Å². The molecule has 8 nitrogen and oxygen atoms in total. The Kier molecular flexibility index (Phi) is 3.64. The second-order valence-corrected chi connectivity index (χ2v) is 4.00. The smallest absolute Gasteiger partial charge is 0.276 e. The highest BCUT2D eigenvalue weighted by Crippen LogP contribution is 2.23. The van der Waals surface area contributed by atoms with E-state index in [4.69, 9.17) is 16.3 Å². The normalized spacial score (nSPS) is 9.43. The standard InChI is InChI=1S/C13H8N6O2/c14-6-8-1-2-10(3-9(8)7-15)17-13-5-11(19(20)21)4-12(16)18-13/h1-5H,(H3,16,17,18). The second kappa shape index (κ2) is 5.55. The van der Waals surface area contributed by atoms with Crippen LogP contribution in [0.4, 0.5) is 23.0 Å². The fourth-order valence-corrected chi connectivity index (χ4v) is 1.67. The number of aromatic nitrogens is 1. The van der Waals surface area contributed by atoms with Crippen molar-refractivity contribution in [3.8, 4) is 12.1 Å². The van der Waals surface area contributed by atoms with Gasteiger partial charge in [0.2, 0.25) is 0 Å². The van der Waals surface area contributed by atoms with E-state index in [9.17, 15) is 10.1 Å². The van der Waals surface area contributed by atoms with Crippen LogP contribution in [0.15, 0.2) is 30.3 Å². The van der Waals surface area contributed by atoms with Gasteiger partial charge in [-0.05, 0) is 18.2 Å². The molecule has 0 aliphatic carbocycles. The molecule has 0 aliphatic rings. The number of benzene rings is 1. The quantitative estimate of drug-likeness (QED) is 0.647. The maximum absolute atomic E-state index is 10.8. The van der Waals surface area contributed by atoms with Crippen LogP contribution in [0.3, 0.4) is 0 Å². The number of nitrogens with two attached hydrogens (primary N) is 1. The SMILES string of the molecule is N#Cc1ccc(Nc2cc([N+](=O)[O-])cc(N)n2)cc1C#N. The molecule has 0 atom stereocenters. The van der Waals surface area contributed by atoms with Gasteiger partial charge in [0.15, 0.2) is 0 Å². The van der Waals surface area contributed by atoms with Crippen molar-refractivity contribution in [2.75, 3.05) is 11.1 Å². The Morgan fingerprint density at radius 1 is 1.19 bits per heavy atom. The predicted octanol–water partition coefficient (Wildman–Crippen LogP) is 2.06. The van der Waals surface area contributed by atoms with E-state index < -0.39 is 4.92 Å². The van der Waals surface area contributed by atoms with E-state index in [1.165, 1.54) is 18.2 Å². The molecule has 3 N–H and O–H groups in total. The average Bonchev–Trinajstić information content (AvgIpc) is 2.46. The van der Waals surface area contributed by atoms with Crippen molar-refractivity contribution in [2.45, 2.75) is 0 Å². The lowest BCUT2D eigenvalue weighted by Gasteiger charge is -2.07. The highest BCUT2D eigenvalue weighted by molar-refractivity contribution is 5.64. The number of nitrogens with zero attached hydrogens (tertiary/aromatic N) is 4. The minimum absolute atomic E-state index is 0.000789. The Labute approximate surface area is 119 Å². The van der Waals surface area contributed by atoms with E-state index >= 15 is 0 Å². The molecule has 0 amide bonds. The summed E-state index contributed by atoms with van der Waals surface area (Å²) in [6.45, 7) is 0. The lowest BCUT2D eigenvalue weighted by atomic mass is 10.1. The van der Waals surface area contributed by atoms with Gasteiger partial charge in [-0.1, -0.05) is 0 Å². The van der Waals surface area contributed by atoms with Crippen LogP contribution in [0.1, 0.15) is 11.1 Å². The summed E-state index contributed by atoms with van der Waals surface area (Å²) < 4.78 is 0. The maximum atomic E-state index is 10.8. The minimum atomic E-state index is -0.581. The van der Waals surface area contributed by atoms with Gasteiger partial charge in [0.1, 0.15) is 23.8 Å². The van der Waals surface area contributed by atoms with E-state index in [0.29, 0.717) is 5.69 Å². The number of nitrogens with one attached hydrogen (secondary N) is 1. The molecular weight excluding hydrogens is 272 g/mol. The number of nitro groups is 1. The van der Waals surface area contributed by atoms with Gasteiger partial charge in [0.05, 0.1) is 28.2 Å². The van der Waals surface area contributed by atoms with Crippen molar-refractivity contribution in [1.29, 1.82) is 10.5 Å². The number of nitriles is 2. The summed E-state index contributed by atoms with van der Waals surface area (Å²) in [5.41, 5.74) is 6.22. The molecule has 1 aromatic carbocycles. The van der Waals surface area contributed by atoms with Gasteiger partial charge < -0.3 is 11.1 Å². The van der Waals surface area contributed by atoms with Crippen molar-refractivity contribution in [3.05, 3.63) is 51.6 Å². The van der Waals surface area contributed by atoms with Crippen LogP contribution >= 0.6 is 0 Å². The Bertz CT molecular complexity index is 803. The number of pyridine rings is 1. The lowest BCUT2D eigenvalue weighted by Crippen LogP contribution is -2.00. The molecule has 0 fully saturated rings. The number of anilines is 3. The first-order valence-corrected chi connectivity index (χ1v) is 5.66. The zero-order chi connectivity index (χ0) is 15.4. The summed E-state index contributed by atoms with van der Waals surface area (Å²) in [5, 5.41) is 31.4. The molecule has 102 valence electrons. The van der Waals surface area contributed by atoms with E-state index in [1.807, 2.05) is 12.1 Å². The zero-order valence-corrected chi connectivity index (χ0v) is 10.6. The van der Waals surface area contributed by atoms with Gasteiger partial charge in [0, 0.05) is 5.69 Å². The van der Waals surface area contributed by atoms with Crippen molar-refractivity contribution >= 4 is 23.0 Å². The molecule has 0 spiro atoms. The molecular formula is C13H8N6O2. The maximum Gasteiger partial charge on any atom is 0.276 e. The fourth-order valence-electron chi connectivity index (χ4n) is 1.67. The molecule has 21 heavy (non-hydrogen) atoms. The number of hydrogen-bond donors (Lipinski definition) is 2. The van der Waals surface area contributed by atoms with Crippen LogP contribution in [0.2, 0.25) is 0 Å². The van der Waals surface area contributed by atoms with Crippen LogP contribution in [0.5, 0.6) is 0 Å². The number of rotatable bonds is 3. The molecule has 1 aromatic heterocycles. The molecule has 2 aromatic rings. The molecule has 2 rings (SSSR count). The summed E-state index contributed by atoms with van der Waals surface area (Å²) in [6.07, 6.45) is 0. The van der Waals surface area contributed by atoms with Gasteiger partial charge >= 0.3 is 0 Å². The van der Waals surface area contributed by atoms with Crippen LogP contribution in [-0.2, 0) is 0 Å². The minimum Gasteiger partial charge on any atom is -0.383 e. The van der Waals surface area contributed by atoms with Gasteiger partial charge in [-0.25, -0.2) is 4.98 Å². The Hall–Kier alpha value is -3.65.